The van der Waals surface area contributed by atoms with E-state index in [9.17, 15) is 4.79 Å². The van der Waals surface area contributed by atoms with Gasteiger partial charge in [-0.25, -0.2) is 9.78 Å². The lowest BCUT2D eigenvalue weighted by Crippen LogP contribution is -2.31. The highest BCUT2D eigenvalue weighted by Crippen LogP contribution is 2.21. The van der Waals surface area contributed by atoms with Gasteiger partial charge in [0.2, 0.25) is 0 Å². The molecule has 0 fully saturated rings. The number of urea groups is 1. The van der Waals surface area contributed by atoms with Crippen LogP contribution in [0.4, 0.5) is 9.93 Å². The van der Waals surface area contributed by atoms with Crippen LogP contribution >= 0.6 is 11.3 Å². The van der Waals surface area contributed by atoms with Crippen molar-refractivity contribution in [3.63, 3.8) is 0 Å². The van der Waals surface area contributed by atoms with Gasteiger partial charge in [-0.2, -0.15) is 0 Å². The number of nitrogens with zero attached hydrogens (tertiary/aromatic N) is 2. The van der Waals surface area contributed by atoms with Gasteiger partial charge in [0.15, 0.2) is 5.13 Å². The highest BCUT2D eigenvalue weighted by Gasteiger charge is 2.08. The third-order valence-corrected chi connectivity index (χ3v) is 3.60. The van der Waals surface area contributed by atoms with Gasteiger partial charge in [0, 0.05) is 31.6 Å². The Kier molecular flexibility index (Phi) is 5.89. The van der Waals surface area contributed by atoms with Gasteiger partial charge in [0.05, 0.1) is 12.3 Å². The van der Waals surface area contributed by atoms with E-state index in [1.165, 1.54) is 11.3 Å². The molecule has 0 aliphatic rings. The minimum absolute atomic E-state index is 0.306. The molecular formula is C15H16N4O2S. The largest absolute Gasteiger partial charge is 0.383 e. The number of nitrogens with one attached hydrogen (secondary N) is 2. The number of anilines is 1. The van der Waals surface area contributed by atoms with Crippen LogP contribution in [0.15, 0.2) is 24.5 Å². The fraction of sp³-hybridized carbons (Fsp3) is 0.267. The lowest BCUT2D eigenvalue weighted by molar-refractivity contribution is 0.198. The van der Waals surface area contributed by atoms with Crippen molar-refractivity contribution in [1.29, 1.82) is 0 Å². The molecule has 0 saturated carbocycles. The topological polar surface area (TPSA) is 76.1 Å². The number of hydrogen-bond donors (Lipinski definition) is 2. The zero-order valence-corrected chi connectivity index (χ0v) is 13.2. The van der Waals surface area contributed by atoms with Crippen molar-refractivity contribution in [2.45, 2.75) is 6.92 Å². The van der Waals surface area contributed by atoms with Gasteiger partial charge in [-0.1, -0.05) is 17.3 Å². The first-order valence-electron chi connectivity index (χ1n) is 6.62. The Morgan fingerprint density at radius 3 is 2.86 bits per heavy atom. The minimum atomic E-state index is -0.306. The van der Waals surface area contributed by atoms with Gasteiger partial charge >= 0.3 is 6.03 Å². The molecule has 0 bridgehead atoms. The van der Waals surface area contributed by atoms with Gasteiger partial charge in [-0.05, 0) is 25.0 Å². The van der Waals surface area contributed by atoms with E-state index in [1.807, 2.05) is 19.1 Å². The van der Waals surface area contributed by atoms with Crippen LogP contribution in [0.1, 0.15) is 16.1 Å². The maximum Gasteiger partial charge on any atom is 0.321 e. The number of ether oxygens (including phenoxy) is 1. The van der Waals surface area contributed by atoms with Gasteiger partial charge < -0.3 is 10.1 Å². The van der Waals surface area contributed by atoms with Crippen LogP contribution in [0.5, 0.6) is 0 Å². The SMILES string of the molecule is COCCNC(=O)Nc1nc(C)c(C#Cc2ccncc2)s1. The molecular weight excluding hydrogens is 300 g/mol. The Balaban J connectivity index is 2.00. The molecule has 2 rings (SSSR count). The first-order valence-corrected chi connectivity index (χ1v) is 7.44. The van der Waals surface area contributed by atoms with Crippen LogP contribution in [-0.4, -0.2) is 36.3 Å². The summed E-state index contributed by atoms with van der Waals surface area (Å²) < 4.78 is 4.86. The van der Waals surface area contributed by atoms with E-state index >= 15 is 0 Å². The second-order valence-corrected chi connectivity index (χ2v) is 5.29. The van der Waals surface area contributed by atoms with Gasteiger partial charge in [0.1, 0.15) is 4.88 Å². The molecule has 0 atom stereocenters. The van der Waals surface area contributed by atoms with Crippen LogP contribution in [0, 0.1) is 18.8 Å². The van der Waals surface area contributed by atoms with E-state index in [2.05, 4.69) is 32.4 Å². The number of aromatic nitrogens is 2. The summed E-state index contributed by atoms with van der Waals surface area (Å²) in [4.78, 5) is 20.7. The van der Waals surface area contributed by atoms with Crippen LogP contribution in [0.3, 0.4) is 0 Å². The Bertz CT molecular complexity index is 689. The lowest BCUT2D eigenvalue weighted by atomic mass is 10.2. The third kappa shape index (κ3) is 4.84. The number of pyridine rings is 1. The van der Waals surface area contributed by atoms with Crippen molar-refractivity contribution < 1.29 is 9.53 Å². The highest BCUT2D eigenvalue weighted by atomic mass is 32.1. The molecule has 0 aliphatic carbocycles. The van der Waals surface area contributed by atoms with Crippen molar-refractivity contribution >= 4 is 22.5 Å². The summed E-state index contributed by atoms with van der Waals surface area (Å²) >= 11 is 1.34. The van der Waals surface area contributed by atoms with Crippen LogP contribution in [0.25, 0.3) is 0 Å². The van der Waals surface area contributed by atoms with Gasteiger partial charge in [-0.3, -0.25) is 10.3 Å². The van der Waals surface area contributed by atoms with Crippen LogP contribution in [0.2, 0.25) is 0 Å². The maximum absolute atomic E-state index is 11.6. The monoisotopic (exact) mass is 316 g/mol. The fourth-order valence-electron chi connectivity index (χ4n) is 1.54. The predicted molar refractivity (Wildman–Crippen MR) is 86.0 cm³/mol. The molecule has 0 unspecified atom stereocenters. The van der Waals surface area contributed by atoms with Crippen molar-refractivity contribution in [2.24, 2.45) is 0 Å². The number of methoxy groups -OCH3 is 1. The van der Waals surface area contributed by atoms with Crippen molar-refractivity contribution in [3.8, 4) is 11.8 Å². The molecule has 7 heteroatoms. The molecule has 6 nitrogen and oxygen atoms in total. The fourth-order valence-corrected chi connectivity index (χ4v) is 2.35. The maximum atomic E-state index is 11.6. The summed E-state index contributed by atoms with van der Waals surface area (Å²) in [7, 11) is 1.58. The average molecular weight is 316 g/mol. The summed E-state index contributed by atoms with van der Waals surface area (Å²) in [6, 6.07) is 3.37. The molecule has 0 spiro atoms. The molecule has 22 heavy (non-hydrogen) atoms. The van der Waals surface area contributed by atoms with E-state index in [4.69, 9.17) is 4.74 Å². The van der Waals surface area contributed by atoms with Crippen molar-refractivity contribution in [2.75, 3.05) is 25.6 Å². The van der Waals surface area contributed by atoms with Crippen LogP contribution < -0.4 is 10.6 Å². The van der Waals surface area contributed by atoms with Crippen LogP contribution in [-0.2, 0) is 4.74 Å². The molecule has 114 valence electrons. The average Bonchev–Trinajstić information content (AvgIpc) is 2.86. The van der Waals surface area contributed by atoms with E-state index in [0.29, 0.717) is 18.3 Å². The zero-order chi connectivity index (χ0) is 15.8. The first kappa shape index (κ1) is 15.9. The number of carbonyl (C=O) groups is 1. The van der Waals surface area contributed by atoms with Crippen molar-refractivity contribution in [3.05, 3.63) is 40.7 Å². The normalized spacial score (nSPS) is 9.73. The Morgan fingerprint density at radius 2 is 2.14 bits per heavy atom. The smallest absolute Gasteiger partial charge is 0.321 e. The molecule has 0 aliphatic heterocycles. The molecule has 2 N–H and O–H groups in total. The quantitative estimate of drug-likeness (QED) is 0.668. The summed E-state index contributed by atoms with van der Waals surface area (Å²) in [6.45, 7) is 2.77. The lowest BCUT2D eigenvalue weighted by Gasteiger charge is -2.03. The number of amides is 2. The molecule has 2 aromatic rings. The Morgan fingerprint density at radius 1 is 1.36 bits per heavy atom. The zero-order valence-electron chi connectivity index (χ0n) is 12.3. The number of carbonyl (C=O) groups excluding carboxylic acids is 1. The number of thiazole rings is 1. The van der Waals surface area contributed by atoms with E-state index in [-0.39, 0.29) is 6.03 Å². The molecule has 2 heterocycles. The minimum Gasteiger partial charge on any atom is -0.383 e. The molecule has 0 aromatic carbocycles. The van der Waals surface area contributed by atoms with Crippen molar-refractivity contribution in [1.82, 2.24) is 15.3 Å². The third-order valence-electron chi connectivity index (χ3n) is 2.61. The summed E-state index contributed by atoms with van der Waals surface area (Å²) in [5, 5.41) is 5.87. The molecule has 0 saturated heterocycles. The summed E-state index contributed by atoms with van der Waals surface area (Å²) in [6.07, 6.45) is 3.39. The standard InChI is InChI=1S/C15H16N4O2S/c1-11-13(4-3-12-5-7-16-8-6-12)22-15(18-11)19-14(20)17-9-10-21-2/h5-8H,9-10H2,1-2H3,(H2,17,18,19,20). The summed E-state index contributed by atoms with van der Waals surface area (Å²) in [5.74, 6) is 6.11. The number of aryl methyl sites for hydroxylation is 1. The Hall–Kier alpha value is -2.43. The number of rotatable bonds is 4. The summed E-state index contributed by atoms with van der Waals surface area (Å²) in [5.41, 5.74) is 1.67. The first-order chi connectivity index (χ1) is 10.7. The molecule has 2 aromatic heterocycles. The van der Waals surface area contributed by atoms with E-state index in [1.54, 1.807) is 19.5 Å². The molecule has 0 radical (unpaired) electrons. The van der Waals surface area contributed by atoms with Gasteiger partial charge in [-0.15, -0.1) is 0 Å². The molecule has 2 amide bonds. The van der Waals surface area contributed by atoms with E-state index in [0.717, 1.165) is 16.1 Å². The number of hydrogen-bond acceptors (Lipinski definition) is 5. The second kappa shape index (κ2) is 8.12. The van der Waals surface area contributed by atoms with Gasteiger partial charge in [0.25, 0.3) is 0 Å². The van der Waals surface area contributed by atoms with E-state index < -0.39 is 0 Å². The predicted octanol–water partition coefficient (Wildman–Crippen LogP) is 2.01. The second-order valence-electron chi connectivity index (χ2n) is 4.29. The highest BCUT2D eigenvalue weighted by molar-refractivity contribution is 7.16. The Labute approximate surface area is 132 Å².